The van der Waals surface area contributed by atoms with Crippen LogP contribution in [0.4, 0.5) is 5.69 Å². The van der Waals surface area contributed by atoms with Crippen molar-refractivity contribution in [3.63, 3.8) is 0 Å². The Morgan fingerprint density at radius 1 is 1.00 bits per heavy atom. The number of allylic oxidation sites excluding steroid dienone is 6. The molecule has 2 atom stereocenters. The molecule has 5 rings (SSSR count). The normalized spacial score (nSPS) is 25.5. The van der Waals surface area contributed by atoms with Gasteiger partial charge >= 0.3 is 0 Å². The van der Waals surface area contributed by atoms with Gasteiger partial charge in [-0.2, -0.15) is 0 Å². The molecule has 2 unspecified atom stereocenters. The van der Waals surface area contributed by atoms with Gasteiger partial charge in [0.15, 0.2) is 0 Å². The largest absolute Gasteiger partial charge is 0.358 e. The molecule has 2 aromatic carbocycles. The van der Waals surface area contributed by atoms with Crippen molar-refractivity contribution >= 4 is 16.5 Å². The third-order valence-corrected chi connectivity index (χ3v) is 5.10. The molecule has 1 N–H and O–H groups in total. The molecule has 0 radical (unpaired) electrons. The van der Waals surface area contributed by atoms with Crippen molar-refractivity contribution in [1.82, 2.24) is 0 Å². The lowest BCUT2D eigenvalue weighted by Gasteiger charge is -2.30. The number of fused-ring (bicyclic) bond motifs is 7. The van der Waals surface area contributed by atoms with Crippen LogP contribution in [0.25, 0.3) is 10.8 Å². The van der Waals surface area contributed by atoms with E-state index < -0.39 is 0 Å². The Balaban J connectivity index is 1.78. The fourth-order valence-corrected chi connectivity index (χ4v) is 4.15. The van der Waals surface area contributed by atoms with Crippen LogP contribution in [0.5, 0.6) is 0 Å². The molecule has 0 saturated heterocycles. The molecule has 0 amide bonds. The zero-order chi connectivity index (χ0) is 13.8. The maximum atomic E-state index is 3.64. The minimum atomic E-state index is 0.475. The first kappa shape index (κ1) is 11.4. The van der Waals surface area contributed by atoms with Crippen LogP contribution in [0.1, 0.15) is 24.3 Å². The van der Waals surface area contributed by atoms with Crippen molar-refractivity contribution in [1.29, 1.82) is 0 Å². The van der Waals surface area contributed by atoms with Gasteiger partial charge in [0.2, 0.25) is 0 Å². The molecule has 1 heterocycles. The maximum Gasteiger partial charge on any atom is 0.0428 e. The lowest BCUT2D eigenvalue weighted by Crippen LogP contribution is -2.19. The molecule has 3 aliphatic rings. The highest BCUT2D eigenvalue weighted by molar-refractivity contribution is 5.93. The molecule has 0 saturated carbocycles. The summed E-state index contributed by atoms with van der Waals surface area (Å²) in [6, 6.07) is 13.2. The number of anilines is 1. The van der Waals surface area contributed by atoms with Gasteiger partial charge in [0.1, 0.15) is 0 Å². The SMILES string of the molecule is C1=CC2C(=CC=C3Nc4ccc5ccccc5c4C32)CC1. The van der Waals surface area contributed by atoms with Crippen LogP contribution >= 0.6 is 0 Å². The average molecular weight is 271 g/mol. The Morgan fingerprint density at radius 2 is 1.95 bits per heavy atom. The van der Waals surface area contributed by atoms with Gasteiger partial charge in [0.25, 0.3) is 0 Å². The average Bonchev–Trinajstić information content (AvgIpc) is 2.94. The molecule has 1 aliphatic heterocycles. The molecule has 102 valence electrons. The third-order valence-electron chi connectivity index (χ3n) is 5.10. The van der Waals surface area contributed by atoms with Gasteiger partial charge in [-0.3, -0.25) is 0 Å². The molecular formula is C20H17N. The van der Waals surface area contributed by atoms with Crippen LogP contribution in [-0.4, -0.2) is 0 Å². The van der Waals surface area contributed by atoms with Gasteiger partial charge in [-0.1, -0.05) is 54.1 Å². The quantitative estimate of drug-likeness (QED) is 0.654. The van der Waals surface area contributed by atoms with E-state index in [2.05, 4.69) is 66.0 Å². The molecule has 0 bridgehead atoms. The van der Waals surface area contributed by atoms with Crippen molar-refractivity contribution in [3.8, 4) is 0 Å². The maximum absolute atomic E-state index is 3.64. The van der Waals surface area contributed by atoms with Gasteiger partial charge in [0, 0.05) is 23.2 Å². The topological polar surface area (TPSA) is 12.0 Å². The second kappa shape index (κ2) is 4.11. The van der Waals surface area contributed by atoms with Gasteiger partial charge < -0.3 is 5.32 Å². The standard InChI is InChI=1S/C20H17N/c1-3-7-15-13(5-1)9-11-17-19(15)20-16-8-4-2-6-14(16)10-12-18(20)21-17/h1,3-5,7-12,16,20-21H,2,6H2. The molecule has 0 fully saturated rings. The summed E-state index contributed by atoms with van der Waals surface area (Å²) in [4.78, 5) is 0. The number of hydrogen-bond acceptors (Lipinski definition) is 1. The molecule has 0 aromatic heterocycles. The second-order valence-corrected chi connectivity index (χ2v) is 6.21. The first-order valence-corrected chi connectivity index (χ1v) is 7.78. The van der Waals surface area contributed by atoms with E-state index >= 15 is 0 Å². The van der Waals surface area contributed by atoms with Gasteiger partial charge in [-0.15, -0.1) is 0 Å². The lowest BCUT2D eigenvalue weighted by molar-refractivity contribution is 0.604. The molecule has 1 heteroatoms. The number of rotatable bonds is 0. The van der Waals surface area contributed by atoms with Crippen molar-refractivity contribution < 1.29 is 0 Å². The van der Waals surface area contributed by atoms with E-state index in [0.29, 0.717) is 11.8 Å². The monoisotopic (exact) mass is 271 g/mol. The van der Waals surface area contributed by atoms with E-state index in [9.17, 15) is 0 Å². The van der Waals surface area contributed by atoms with Crippen LogP contribution < -0.4 is 5.32 Å². The summed E-state index contributed by atoms with van der Waals surface area (Å²) >= 11 is 0. The predicted octanol–water partition coefficient (Wildman–Crippen LogP) is 5.14. The van der Waals surface area contributed by atoms with Crippen LogP contribution in [0.15, 0.2) is 72.0 Å². The minimum absolute atomic E-state index is 0.475. The zero-order valence-electron chi connectivity index (χ0n) is 11.8. The zero-order valence-corrected chi connectivity index (χ0v) is 11.8. The molecule has 1 nitrogen and oxygen atoms in total. The molecular weight excluding hydrogens is 254 g/mol. The highest BCUT2D eigenvalue weighted by Crippen LogP contribution is 2.51. The van der Waals surface area contributed by atoms with Crippen molar-refractivity contribution in [2.45, 2.75) is 18.8 Å². The Labute approximate surface area is 124 Å². The van der Waals surface area contributed by atoms with E-state index in [4.69, 9.17) is 0 Å². The minimum Gasteiger partial charge on any atom is -0.358 e. The van der Waals surface area contributed by atoms with Crippen LogP contribution in [-0.2, 0) is 0 Å². The Bertz CT molecular complexity index is 838. The fourth-order valence-electron chi connectivity index (χ4n) is 4.15. The first-order chi connectivity index (χ1) is 10.4. The van der Waals surface area contributed by atoms with E-state index in [1.54, 1.807) is 5.57 Å². The molecule has 2 aromatic rings. The summed E-state index contributed by atoms with van der Waals surface area (Å²) < 4.78 is 0. The molecule has 0 spiro atoms. The Morgan fingerprint density at radius 3 is 2.95 bits per heavy atom. The molecule has 21 heavy (non-hydrogen) atoms. The first-order valence-electron chi connectivity index (χ1n) is 7.78. The van der Waals surface area contributed by atoms with Crippen LogP contribution in [0.3, 0.4) is 0 Å². The summed E-state index contributed by atoms with van der Waals surface area (Å²) in [6.07, 6.45) is 11.8. The Hall–Kier alpha value is -2.28. The summed E-state index contributed by atoms with van der Waals surface area (Å²) in [7, 11) is 0. The van der Waals surface area contributed by atoms with Crippen molar-refractivity contribution in [2.24, 2.45) is 5.92 Å². The number of hydrogen-bond donors (Lipinski definition) is 1. The fraction of sp³-hybridized carbons (Fsp3) is 0.200. The lowest BCUT2D eigenvalue weighted by atomic mass is 9.73. The van der Waals surface area contributed by atoms with E-state index in [0.717, 1.165) is 0 Å². The molecule has 2 aliphatic carbocycles. The van der Waals surface area contributed by atoms with Gasteiger partial charge in [-0.05, 0) is 41.3 Å². The smallest absolute Gasteiger partial charge is 0.0428 e. The predicted molar refractivity (Wildman–Crippen MR) is 88.3 cm³/mol. The number of benzene rings is 2. The summed E-state index contributed by atoms with van der Waals surface area (Å²) in [5, 5.41) is 6.39. The van der Waals surface area contributed by atoms with E-state index in [-0.39, 0.29) is 0 Å². The summed E-state index contributed by atoms with van der Waals surface area (Å²) in [5.41, 5.74) is 5.73. The Kier molecular flexibility index (Phi) is 2.23. The second-order valence-electron chi connectivity index (χ2n) is 6.21. The highest BCUT2D eigenvalue weighted by Gasteiger charge is 2.37. The van der Waals surface area contributed by atoms with Gasteiger partial charge in [-0.25, -0.2) is 0 Å². The number of nitrogens with one attached hydrogen (secondary N) is 1. The van der Waals surface area contributed by atoms with Gasteiger partial charge in [0.05, 0.1) is 0 Å². The van der Waals surface area contributed by atoms with Crippen molar-refractivity contribution in [2.75, 3.05) is 5.32 Å². The summed E-state index contributed by atoms with van der Waals surface area (Å²) in [6.45, 7) is 0. The van der Waals surface area contributed by atoms with Crippen molar-refractivity contribution in [3.05, 3.63) is 77.5 Å². The van der Waals surface area contributed by atoms with Crippen LogP contribution in [0, 0.1) is 5.92 Å². The summed E-state index contributed by atoms with van der Waals surface area (Å²) in [5.74, 6) is 1.01. The van der Waals surface area contributed by atoms with Crippen LogP contribution in [0.2, 0.25) is 0 Å². The third kappa shape index (κ3) is 1.52. The van der Waals surface area contributed by atoms with E-state index in [1.165, 1.54) is 40.6 Å². The van der Waals surface area contributed by atoms with E-state index in [1.807, 2.05) is 0 Å². The highest BCUT2D eigenvalue weighted by atomic mass is 14.9.